The zero-order valence-electron chi connectivity index (χ0n) is 14.9. The third kappa shape index (κ3) is 4.31. The third-order valence-corrected chi connectivity index (χ3v) is 4.57. The first-order valence-corrected chi connectivity index (χ1v) is 9.23. The second-order valence-electron chi connectivity index (χ2n) is 5.96. The van der Waals surface area contributed by atoms with Gasteiger partial charge < -0.3 is 9.26 Å². The summed E-state index contributed by atoms with van der Waals surface area (Å²) in [5.74, 6) is -0.277. The van der Waals surface area contributed by atoms with Crippen LogP contribution >= 0.6 is 23.2 Å². The van der Waals surface area contributed by atoms with Crippen LogP contribution in [0.2, 0.25) is 10.0 Å². The molecule has 27 heavy (non-hydrogen) atoms. The molecule has 0 fully saturated rings. The second kappa shape index (κ2) is 8.54. The molecular formula is C18H18Cl2N4O3. The van der Waals surface area contributed by atoms with Gasteiger partial charge in [-0.1, -0.05) is 53.0 Å². The molecule has 7 nitrogen and oxygen atoms in total. The van der Waals surface area contributed by atoms with E-state index in [0.717, 1.165) is 19.4 Å². The van der Waals surface area contributed by atoms with E-state index in [1.807, 2.05) is 0 Å². The number of hydrogen-bond acceptors (Lipinski definition) is 6. The maximum atomic E-state index is 12.6. The van der Waals surface area contributed by atoms with Crippen LogP contribution in [0.4, 0.5) is 0 Å². The normalized spacial score (nSPS) is 11.0. The Morgan fingerprint density at radius 3 is 2.74 bits per heavy atom. The first-order chi connectivity index (χ1) is 13.0. The molecule has 9 heteroatoms. The van der Waals surface area contributed by atoms with E-state index >= 15 is 0 Å². The van der Waals surface area contributed by atoms with Crippen molar-refractivity contribution in [1.82, 2.24) is 20.2 Å². The Balaban J connectivity index is 1.78. The quantitative estimate of drug-likeness (QED) is 0.526. The summed E-state index contributed by atoms with van der Waals surface area (Å²) >= 11 is 12.5. The van der Waals surface area contributed by atoms with Gasteiger partial charge in [-0.25, -0.2) is 4.79 Å². The predicted molar refractivity (Wildman–Crippen MR) is 101 cm³/mol. The highest BCUT2D eigenvalue weighted by Gasteiger charge is 2.26. The van der Waals surface area contributed by atoms with Crippen LogP contribution < -0.4 is 0 Å². The Hall–Kier alpha value is -2.38. The Bertz CT molecular complexity index is 932. The van der Waals surface area contributed by atoms with Crippen molar-refractivity contribution < 1.29 is 14.1 Å². The van der Waals surface area contributed by atoms with Gasteiger partial charge in [0.25, 0.3) is 0 Å². The Labute approximate surface area is 166 Å². The van der Waals surface area contributed by atoms with Crippen molar-refractivity contribution >= 4 is 29.2 Å². The highest BCUT2D eigenvalue weighted by atomic mass is 35.5. The summed E-state index contributed by atoms with van der Waals surface area (Å²) in [5.41, 5.74) is 1.42. The van der Waals surface area contributed by atoms with E-state index in [1.165, 1.54) is 0 Å². The van der Waals surface area contributed by atoms with Crippen LogP contribution in [-0.4, -0.2) is 26.1 Å². The van der Waals surface area contributed by atoms with Crippen molar-refractivity contribution in [2.45, 2.75) is 39.8 Å². The van der Waals surface area contributed by atoms with Crippen LogP contribution in [-0.2, 0) is 17.9 Å². The zero-order chi connectivity index (χ0) is 19.4. The van der Waals surface area contributed by atoms with Crippen molar-refractivity contribution in [2.24, 2.45) is 0 Å². The number of aromatic nitrogens is 4. The standard InChI is InChI=1S/C18H18Cl2N4O3/c1-3-4-8-24-9-12(21-23-24)10-26-18(25)15-11(2)27-22-17(15)16-13(19)6-5-7-14(16)20/h5-7,9H,3-4,8,10H2,1-2H3. The number of benzene rings is 1. The molecule has 0 N–H and O–H groups in total. The van der Waals surface area contributed by atoms with E-state index in [4.69, 9.17) is 32.5 Å². The fourth-order valence-electron chi connectivity index (χ4n) is 2.55. The number of carbonyl (C=O) groups excluding carboxylic acids is 1. The van der Waals surface area contributed by atoms with E-state index in [1.54, 1.807) is 36.0 Å². The molecule has 0 spiro atoms. The number of ether oxygens (including phenoxy) is 1. The average Bonchev–Trinajstić information content (AvgIpc) is 3.24. The maximum Gasteiger partial charge on any atom is 0.344 e. The first-order valence-electron chi connectivity index (χ1n) is 8.48. The molecule has 142 valence electrons. The van der Waals surface area contributed by atoms with E-state index in [2.05, 4.69) is 22.4 Å². The van der Waals surface area contributed by atoms with Crippen molar-refractivity contribution in [3.05, 3.63) is 51.5 Å². The monoisotopic (exact) mass is 408 g/mol. The number of rotatable bonds is 7. The summed E-state index contributed by atoms with van der Waals surface area (Å²) in [4.78, 5) is 12.6. The minimum absolute atomic E-state index is 0.00866. The van der Waals surface area contributed by atoms with E-state index < -0.39 is 5.97 Å². The van der Waals surface area contributed by atoms with E-state index in [-0.39, 0.29) is 17.9 Å². The highest BCUT2D eigenvalue weighted by molar-refractivity contribution is 6.39. The topological polar surface area (TPSA) is 83.0 Å². The molecule has 1 aromatic carbocycles. The van der Waals surface area contributed by atoms with Gasteiger partial charge in [0.1, 0.15) is 29.3 Å². The van der Waals surface area contributed by atoms with Crippen LogP contribution in [0.3, 0.4) is 0 Å². The number of hydrogen-bond donors (Lipinski definition) is 0. The lowest BCUT2D eigenvalue weighted by Gasteiger charge is -2.06. The summed E-state index contributed by atoms with van der Waals surface area (Å²) < 4.78 is 12.3. The maximum absolute atomic E-state index is 12.6. The summed E-state index contributed by atoms with van der Waals surface area (Å²) in [5, 5.41) is 12.7. The van der Waals surface area contributed by atoms with Gasteiger partial charge in [-0.3, -0.25) is 4.68 Å². The SMILES string of the molecule is CCCCn1cc(COC(=O)c2c(-c3c(Cl)cccc3Cl)noc2C)nn1. The Morgan fingerprint density at radius 1 is 1.30 bits per heavy atom. The molecule has 0 aliphatic rings. The number of nitrogens with zero attached hydrogens (tertiary/aromatic N) is 4. The van der Waals surface area contributed by atoms with Crippen molar-refractivity contribution in [3.8, 4) is 11.3 Å². The molecule has 0 atom stereocenters. The number of halogens is 2. The molecule has 0 aliphatic carbocycles. The molecule has 3 aromatic rings. The van der Waals surface area contributed by atoms with Crippen molar-refractivity contribution in [2.75, 3.05) is 0 Å². The van der Waals surface area contributed by atoms with Crippen LogP contribution in [0.25, 0.3) is 11.3 Å². The van der Waals surface area contributed by atoms with Crippen molar-refractivity contribution in [3.63, 3.8) is 0 Å². The molecule has 2 heterocycles. The summed E-state index contributed by atoms with van der Waals surface area (Å²) in [6.07, 6.45) is 3.82. The van der Waals surface area contributed by atoms with Gasteiger partial charge in [0.05, 0.1) is 16.2 Å². The van der Waals surface area contributed by atoms with Crippen LogP contribution in [0.5, 0.6) is 0 Å². The fourth-order valence-corrected chi connectivity index (χ4v) is 3.13. The van der Waals surface area contributed by atoms with Crippen LogP contribution in [0.15, 0.2) is 28.9 Å². The number of aryl methyl sites for hydroxylation is 2. The summed E-state index contributed by atoms with van der Waals surface area (Å²) in [6.45, 7) is 4.49. The number of carbonyl (C=O) groups is 1. The fraction of sp³-hybridized carbons (Fsp3) is 0.333. The lowest BCUT2D eigenvalue weighted by atomic mass is 10.1. The number of esters is 1. The third-order valence-electron chi connectivity index (χ3n) is 3.94. The molecule has 0 aliphatic heterocycles. The van der Waals surface area contributed by atoms with Gasteiger partial charge in [0.15, 0.2) is 0 Å². The number of unbranched alkanes of at least 4 members (excludes halogenated alkanes) is 1. The van der Waals surface area contributed by atoms with Gasteiger partial charge in [0, 0.05) is 12.1 Å². The molecule has 0 saturated heterocycles. The minimum atomic E-state index is -0.595. The Morgan fingerprint density at radius 2 is 2.04 bits per heavy atom. The molecular weight excluding hydrogens is 391 g/mol. The minimum Gasteiger partial charge on any atom is -0.455 e. The summed E-state index contributed by atoms with van der Waals surface area (Å²) in [7, 11) is 0. The zero-order valence-corrected chi connectivity index (χ0v) is 16.4. The molecule has 2 aromatic heterocycles. The van der Waals surface area contributed by atoms with E-state index in [0.29, 0.717) is 27.1 Å². The first kappa shape index (κ1) is 19.4. The molecule has 0 amide bonds. The second-order valence-corrected chi connectivity index (χ2v) is 6.78. The average molecular weight is 409 g/mol. The van der Waals surface area contributed by atoms with Gasteiger partial charge in [-0.05, 0) is 25.5 Å². The van der Waals surface area contributed by atoms with Crippen LogP contribution in [0.1, 0.15) is 41.6 Å². The lowest BCUT2D eigenvalue weighted by molar-refractivity contribution is 0.0466. The molecule has 0 bridgehead atoms. The van der Waals surface area contributed by atoms with Gasteiger partial charge in [-0.2, -0.15) is 0 Å². The van der Waals surface area contributed by atoms with Gasteiger partial charge in [0.2, 0.25) is 0 Å². The smallest absolute Gasteiger partial charge is 0.344 e. The molecule has 0 unspecified atom stereocenters. The molecule has 3 rings (SSSR count). The highest BCUT2D eigenvalue weighted by Crippen LogP contribution is 2.37. The van der Waals surface area contributed by atoms with Gasteiger partial charge in [-0.15, -0.1) is 5.10 Å². The summed E-state index contributed by atoms with van der Waals surface area (Å²) in [6, 6.07) is 5.04. The van der Waals surface area contributed by atoms with Crippen molar-refractivity contribution in [1.29, 1.82) is 0 Å². The Kier molecular flexibility index (Phi) is 6.13. The van der Waals surface area contributed by atoms with Crippen LogP contribution in [0, 0.1) is 6.92 Å². The largest absolute Gasteiger partial charge is 0.455 e. The molecule has 0 radical (unpaired) electrons. The predicted octanol–water partition coefficient (Wildman–Crippen LogP) is 4.71. The molecule has 0 saturated carbocycles. The van der Waals surface area contributed by atoms with E-state index in [9.17, 15) is 4.79 Å². The van der Waals surface area contributed by atoms with Gasteiger partial charge >= 0.3 is 5.97 Å². The lowest BCUT2D eigenvalue weighted by Crippen LogP contribution is -2.08.